The summed E-state index contributed by atoms with van der Waals surface area (Å²) in [6.45, 7) is 2.32. The van der Waals surface area contributed by atoms with E-state index in [0.29, 0.717) is 17.9 Å². The highest BCUT2D eigenvalue weighted by Crippen LogP contribution is 2.26. The van der Waals surface area contributed by atoms with Crippen molar-refractivity contribution in [2.24, 2.45) is 0 Å². The topological polar surface area (TPSA) is 95.9 Å². The Morgan fingerprint density at radius 2 is 1.79 bits per heavy atom. The summed E-state index contributed by atoms with van der Waals surface area (Å²) in [4.78, 5) is 38.4. The average Bonchev–Trinajstić information content (AvgIpc) is 2.82. The van der Waals surface area contributed by atoms with E-state index in [9.17, 15) is 19.5 Å². The first kappa shape index (κ1) is 22.9. The Morgan fingerprint density at radius 1 is 1.06 bits per heavy atom. The molecule has 3 aromatic rings. The van der Waals surface area contributed by atoms with E-state index in [-0.39, 0.29) is 21.9 Å². The van der Waals surface area contributed by atoms with Crippen molar-refractivity contribution in [1.29, 1.82) is 0 Å². The smallest absolute Gasteiger partial charge is 0.335 e. The molecule has 0 aliphatic carbocycles. The molecular weight excluding hydrogens is 452 g/mol. The fourth-order valence-electron chi connectivity index (χ4n) is 3.40. The molecule has 0 unspecified atom stereocenters. The summed E-state index contributed by atoms with van der Waals surface area (Å²) in [5.74, 6) is -1.95. The van der Waals surface area contributed by atoms with Crippen LogP contribution in [0.5, 0.6) is 5.75 Å². The Kier molecular flexibility index (Phi) is 6.51. The van der Waals surface area contributed by atoms with Gasteiger partial charge in [0.1, 0.15) is 17.9 Å². The average molecular weight is 473 g/mol. The predicted molar refractivity (Wildman–Crippen MR) is 132 cm³/mol. The quantitative estimate of drug-likeness (QED) is 0.319. The van der Waals surface area contributed by atoms with E-state index < -0.39 is 17.8 Å². The first-order chi connectivity index (χ1) is 16.3. The highest BCUT2D eigenvalue weighted by atomic mass is 32.1. The fraction of sp³-hybridized carbons (Fsp3) is 0.0769. The highest BCUT2D eigenvalue weighted by molar-refractivity contribution is 7.80. The SMILES string of the molecule is Cc1ccc(COc2ccccc2C=C2C(=O)NC(=S)N(c3cccc(C(=O)O)c3)C2=O)cc1. The number of thiocarbonyl (C=S) groups is 1. The number of hydrogen-bond acceptors (Lipinski definition) is 5. The number of ether oxygens (including phenoxy) is 1. The van der Waals surface area contributed by atoms with Crippen LogP contribution in [0, 0.1) is 6.92 Å². The van der Waals surface area contributed by atoms with E-state index in [4.69, 9.17) is 17.0 Å². The van der Waals surface area contributed by atoms with Crippen LogP contribution in [0.2, 0.25) is 0 Å². The van der Waals surface area contributed by atoms with Crippen LogP contribution in [0.15, 0.2) is 78.4 Å². The summed E-state index contributed by atoms with van der Waals surface area (Å²) in [5.41, 5.74) is 2.75. The van der Waals surface area contributed by atoms with Gasteiger partial charge in [-0.3, -0.25) is 19.8 Å². The number of benzene rings is 3. The van der Waals surface area contributed by atoms with Crippen LogP contribution >= 0.6 is 12.2 Å². The van der Waals surface area contributed by atoms with Crippen LogP contribution in [0.3, 0.4) is 0 Å². The maximum atomic E-state index is 13.3. The van der Waals surface area contributed by atoms with Gasteiger partial charge in [0.15, 0.2) is 5.11 Å². The van der Waals surface area contributed by atoms with Crippen LogP contribution in [0.1, 0.15) is 27.0 Å². The zero-order valence-electron chi connectivity index (χ0n) is 18.1. The summed E-state index contributed by atoms with van der Waals surface area (Å²) in [5, 5.41) is 11.6. The van der Waals surface area contributed by atoms with E-state index in [1.807, 2.05) is 31.2 Å². The number of hydrogen-bond donors (Lipinski definition) is 2. The number of carbonyl (C=O) groups is 3. The Labute approximate surface area is 201 Å². The van der Waals surface area contributed by atoms with Crippen molar-refractivity contribution < 1.29 is 24.2 Å². The molecule has 1 aliphatic rings. The number of carboxylic acids is 1. The zero-order chi connectivity index (χ0) is 24.2. The number of aromatic carboxylic acids is 1. The van der Waals surface area contributed by atoms with Crippen molar-refractivity contribution >= 4 is 46.9 Å². The molecule has 2 amide bonds. The number of carbonyl (C=O) groups excluding carboxylic acids is 2. The van der Waals surface area contributed by atoms with Gasteiger partial charge in [-0.05, 0) is 55.0 Å². The molecule has 4 rings (SSSR count). The van der Waals surface area contributed by atoms with E-state index in [0.717, 1.165) is 16.0 Å². The van der Waals surface area contributed by atoms with Gasteiger partial charge in [0.05, 0.1) is 11.3 Å². The van der Waals surface area contributed by atoms with Crippen LogP contribution in [0.25, 0.3) is 6.08 Å². The normalized spacial score (nSPS) is 14.8. The lowest BCUT2D eigenvalue weighted by Crippen LogP contribution is -2.54. The molecule has 3 aromatic carbocycles. The number of nitrogens with one attached hydrogen (secondary N) is 1. The number of carboxylic acid groups (broad SMARTS) is 1. The number of anilines is 1. The molecular formula is C26H20N2O5S. The molecule has 0 aromatic heterocycles. The molecule has 0 bridgehead atoms. The maximum absolute atomic E-state index is 13.3. The van der Waals surface area contributed by atoms with Gasteiger partial charge in [-0.1, -0.05) is 54.1 Å². The number of para-hydroxylation sites is 1. The van der Waals surface area contributed by atoms with Gasteiger partial charge in [-0.25, -0.2) is 4.79 Å². The maximum Gasteiger partial charge on any atom is 0.335 e. The summed E-state index contributed by atoms with van der Waals surface area (Å²) in [6, 6.07) is 20.8. The minimum Gasteiger partial charge on any atom is -0.488 e. The molecule has 1 aliphatic heterocycles. The number of rotatable bonds is 6. The second-order valence-electron chi connectivity index (χ2n) is 7.63. The molecule has 0 saturated carbocycles. The van der Waals surface area contributed by atoms with Crippen molar-refractivity contribution in [3.8, 4) is 5.75 Å². The number of aryl methyl sites for hydroxylation is 1. The Bertz CT molecular complexity index is 1330. The van der Waals surface area contributed by atoms with Crippen molar-refractivity contribution in [2.75, 3.05) is 4.90 Å². The Hall–Kier alpha value is -4.30. The molecule has 2 N–H and O–H groups in total. The first-order valence-electron chi connectivity index (χ1n) is 10.4. The van der Waals surface area contributed by atoms with Crippen molar-refractivity contribution in [3.05, 3.63) is 101 Å². The minimum absolute atomic E-state index is 0.00891. The number of nitrogens with zero attached hydrogens (tertiary/aromatic N) is 1. The monoisotopic (exact) mass is 472 g/mol. The minimum atomic E-state index is -1.14. The van der Waals surface area contributed by atoms with Crippen LogP contribution in [0.4, 0.5) is 5.69 Å². The second kappa shape index (κ2) is 9.68. The Balaban J connectivity index is 1.64. The lowest BCUT2D eigenvalue weighted by molar-refractivity contribution is -0.122. The van der Waals surface area contributed by atoms with Crippen molar-refractivity contribution in [3.63, 3.8) is 0 Å². The predicted octanol–water partition coefficient (Wildman–Crippen LogP) is 4.10. The fourth-order valence-corrected chi connectivity index (χ4v) is 3.68. The largest absolute Gasteiger partial charge is 0.488 e. The lowest BCUT2D eigenvalue weighted by atomic mass is 10.1. The van der Waals surface area contributed by atoms with Crippen LogP contribution < -0.4 is 15.0 Å². The molecule has 7 nitrogen and oxygen atoms in total. The van der Waals surface area contributed by atoms with E-state index in [2.05, 4.69) is 5.32 Å². The molecule has 0 radical (unpaired) electrons. The molecule has 1 fully saturated rings. The van der Waals surface area contributed by atoms with Gasteiger partial charge in [-0.2, -0.15) is 0 Å². The lowest BCUT2D eigenvalue weighted by Gasteiger charge is -2.29. The molecule has 34 heavy (non-hydrogen) atoms. The molecule has 0 atom stereocenters. The van der Waals surface area contributed by atoms with E-state index in [1.54, 1.807) is 30.3 Å². The standard InChI is InChI=1S/C26H20N2O5S/c1-16-9-11-17(12-10-16)15-33-22-8-3-2-5-18(22)14-21-23(29)27-26(34)28(24(21)30)20-7-4-6-19(13-20)25(31)32/h2-14H,15H2,1H3,(H,31,32)(H,27,29,34). The Morgan fingerprint density at radius 3 is 2.53 bits per heavy atom. The summed E-state index contributed by atoms with van der Waals surface area (Å²) >= 11 is 5.19. The summed E-state index contributed by atoms with van der Waals surface area (Å²) < 4.78 is 5.96. The van der Waals surface area contributed by atoms with Gasteiger partial charge >= 0.3 is 5.97 Å². The van der Waals surface area contributed by atoms with Crippen molar-refractivity contribution in [1.82, 2.24) is 5.32 Å². The summed E-state index contributed by atoms with van der Waals surface area (Å²) in [7, 11) is 0. The van der Waals surface area contributed by atoms with Crippen LogP contribution in [-0.4, -0.2) is 28.0 Å². The zero-order valence-corrected chi connectivity index (χ0v) is 19.0. The molecule has 170 valence electrons. The molecule has 1 saturated heterocycles. The van der Waals surface area contributed by atoms with E-state index in [1.165, 1.54) is 24.3 Å². The van der Waals surface area contributed by atoms with Gasteiger partial charge in [-0.15, -0.1) is 0 Å². The van der Waals surface area contributed by atoms with Gasteiger partial charge < -0.3 is 9.84 Å². The van der Waals surface area contributed by atoms with Crippen LogP contribution in [-0.2, 0) is 16.2 Å². The van der Waals surface area contributed by atoms with Crippen molar-refractivity contribution in [2.45, 2.75) is 13.5 Å². The highest BCUT2D eigenvalue weighted by Gasteiger charge is 2.35. The third-order valence-corrected chi connectivity index (χ3v) is 5.47. The second-order valence-corrected chi connectivity index (χ2v) is 8.01. The molecule has 1 heterocycles. The number of amides is 2. The first-order valence-corrected chi connectivity index (χ1v) is 10.8. The molecule has 0 spiro atoms. The third-order valence-electron chi connectivity index (χ3n) is 5.19. The van der Waals surface area contributed by atoms with Gasteiger partial charge in [0.25, 0.3) is 11.8 Å². The molecule has 8 heteroatoms. The summed E-state index contributed by atoms with van der Waals surface area (Å²) in [6.07, 6.45) is 1.44. The van der Waals surface area contributed by atoms with E-state index >= 15 is 0 Å². The third kappa shape index (κ3) is 4.87. The van der Waals surface area contributed by atoms with Gasteiger partial charge in [0.2, 0.25) is 0 Å². The van der Waals surface area contributed by atoms with Gasteiger partial charge in [0, 0.05) is 5.56 Å².